The molecule has 0 aromatic carbocycles. The zero-order valence-electron chi connectivity index (χ0n) is 14.4. The molecule has 1 aliphatic heterocycles. The van der Waals surface area contributed by atoms with Gasteiger partial charge in [-0.1, -0.05) is 0 Å². The van der Waals surface area contributed by atoms with Crippen LogP contribution >= 0.6 is 0 Å². The van der Waals surface area contributed by atoms with Crippen LogP contribution in [0.1, 0.15) is 30.7 Å². The molecule has 2 fully saturated rings. The van der Waals surface area contributed by atoms with Crippen LogP contribution in [0.2, 0.25) is 0 Å². The Morgan fingerprint density at radius 1 is 1.26 bits per heavy atom. The van der Waals surface area contributed by atoms with Gasteiger partial charge in [-0.25, -0.2) is 9.97 Å². The van der Waals surface area contributed by atoms with Gasteiger partial charge in [0, 0.05) is 42.2 Å². The summed E-state index contributed by atoms with van der Waals surface area (Å²) in [6.07, 6.45) is 1.22. The molecule has 1 saturated carbocycles. The molecule has 3 aromatic rings. The van der Waals surface area contributed by atoms with Gasteiger partial charge in [0.15, 0.2) is 5.65 Å². The fourth-order valence-electron chi connectivity index (χ4n) is 4.27. The molecule has 2 aliphatic rings. The molecule has 4 heterocycles. The molecular weight excluding hydrogens is 357 g/mol. The number of carbonyl (C=O) groups is 1. The summed E-state index contributed by atoms with van der Waals surface area (Å²) in [5.74, 6) is -0.762. The van der Waals surface area contributed by atoms with Crippen LogP contribution in [0.3, 0.4) is 0 Å². The maximum atomic E-state index is 13.3. The molecule has 27 heavy (non-hydrogen) atoms. The van der Waals surface area contributed by atoms with Gasteiger partial charge in [0.25, 0.3) is 0 Å². The van der Waals surface area contributed by atoms with Crippen LogP contribution < -0.4 is 0 Å². The number of halogens is 3. The van der Waals surface area contributed by atoms with E-state index in [0.29, 0.717) is 25.2 Å². The number of fused-ring (bicyclic) bond motifs is 3. The fourth-order valence-corrected chi connectivity index (χ4v) is 4.27. The van der Waals surface area contributed by atoms with Crippen LogP contribution in [0.15, 0.2) is 30.7 Å². The first-order valence-corrected chi connectivity index (χ1v) is 8.97. The quantitative estimate of drug-likeness (QED) is 0.743. The van der Waals surface area contributed by atoms with Crippen molar-refractivity contribution in [1.82, 2.24) is 19.9 Å². The van der Waals surface area contributed by atoms with Crippen LogP contribution in [0, 0.1) is 5.41 Å². The van der Waals surface area contributed by atoms with Crippen molar-refractivity contribution >= 4 is 27.8 Å². The van der Waals surface area contributed by atoms with Crippen LogP contribution in [0.5, 0.6) is 0 Å². The van der Waals surface area contributed by atoms with E-state index in [0.717, 1.165) is 21.9 Å². The van der Waals surface area contributed by atoms with E-state index in [1.807, 2.05) is 18.3 Å². The average Bonchev–Trinajstić information content (AvgIpc) is 3.11. The van der Waals surface area contributed by atoms with Gasteiger partial charge in [0.1, 0.15) is 5.41 Å². The Morgan fingerprint density at radius 2 is 2.07 bits per heavy atom. The Balaban J connectivity index is 1.49. The predicted molar refractivity (Wildman–Crippen MR) is 93.1 cm³/mol. The second-order valence-corrected chi connectivity index (χ2v) is 7.48. The lowest BCUT2D eigenvalue weighted by Gasteiger charge is -2.25. The smallest absolute Gasteiger partial charge is 0.360 e. The largest absolute Gasteiger partial charge is 0.403 e. The zero-order chi connectivity index (χ0) is 18.8. The standard InChI is InChI=1S/C19H17F3N4O/c20-19(21,22)18(4-5-18)17(27)26-8-3-11(10-26)12-1-6-23-14-9-25-16-13(15(12)14)2-7-24-16/h1-2,6-7,9,11,23H,3-5,8,10H2. The van der Waals surface area contributed by atoms with Crippen LogP contribution in [-0.4, -0.2) is 45.0 Å². The highest BCUT2D eigenvalue weighted by Gasteiger charge is 2.69. The van der Waals surface area contributed by atoms with Crippen molar-refractivity contribution in [2.24, 2.45) is 5.41 Å². The summed E-state index contributed by atoms with van der Waals surface area (Å²) in [4.78, 5) is 25.7. The van der Waals surface area contributed by atoms with Gasteiger partial charge < -0.3 is 9.88 Å². The Hall–Kier alpha value is -2.64. The molecule has 5 nitrogen and oxygen atoms in total. The van der Waals surface area contributed by atoms with Gasteiger partial charge in [-0.05, 0) is 37.0 Å². The summed E-state index contributed by atoms with van der Waals surface area (Å²) >= 11 is 0. The number of amides is 1. The minimum Gasteiger partial charge on any atom is -0.360 e. The third-order valence-electron chi connectivity index (χ3n) is 5.94. The van der Waals surface area contributed by atoms with Crippen molar-refractivity contribution < 1.29 is 18.0 Å². The molecule has 0 radical (unpaired) electrons. The third-order valence-corrected chi connectivity index (χ3v) is 5.94. The molecule has 1 unspecified atom stereocenters. The lowest BCUT2D eigenvalue weighted by molar-refractivity contribution is -0.197. The topological polar surface area (TPSA) is 61.9 Å². The lowest BCUT2D eigenvalue weighted by atomic mass is 9.94. The van der Waals surface area contributed by atoms with E-state index in [2.05, 4.69) is 15.0 Å². The van der Waals surface area contributed by atoms with Crippen molar-refractivity contribution in [1.29, 1.82) is 0 Å². The molecule has 0 bridgehead atoms. The van der Waals surface area contributed by atoms with Crippen molar-refractivity contribution in [2.75, 3.05) is 13.1 Å². The fraction of sp³-hybridized carbons (Fsp3) is 0.421. The second-order valence-electron chi connectivity index (χ2n) is 7.48. The van der Waals surface area contributed by atoms with Crippen molar-refractivity contribution in [3.63, 3.8) is 0 Å². The number of nitrogens with one attached hydrogen (secondary N) is 1. The number of aromatic nitrogens is 3. The highest BCUT2D eigenvalue weighted by atomic mass is 19.4. The molecular formula is C19H17F3N4O. The Bertz CT molecular complexity index is 1050. The van der Waals surface area contributed by atoms with Gasteiger partial charge in [0.05, 0.1) is 11.7 Å². The monoisotopic (exact) mass is 374 g/mol. The molecule has 8 heteroatoms. The van der Waals surface area contributed by atoms with Gasteiger partial charge in [-0.15, -0.1) is 0 Å². The van der Waals surface area contributed by atoms with E-state index in [4.69, 9.17) is 0 Å². The highest BCUT2D eigenvalue weighted by Crippen LogP contribution is 2.59. The Kier molecular flexibility index (Phi) is 3.33. The normalized spacial score (nSPS) is 21.9. The number of nitrogens with zero attached hydrogens (tertiary/aromatic N) is 3. The number of carbonyl (C=O) groups excluding carboxylic acids is 1. The molecule has 1 saturated heterocycles. The number of pyridine rings is 2. The predicted octanol–water partition coefficient (Wildman–Crippen LogP) is 3.77. The van der Waals surface area contributed by atoms with Crippen molar-refractivity contribution in [2.45, 2.75) is 31.4 Å². The van der Waals surface area contributed by atoms with E-state index in [1.165, 1.54) is 4.90 Å². The second kappa shape index (κ2) is 5.43. The Morgan fingerprint density at radius 3 is 2.81 bits per heavy atom. The summed E-state index contributed by atoms with van der Waals surface area (Å²) in [5, 5.41) is 1.90. The molecule has 1 N–H and O–H groups in total. The Labute approximate surface area is 152 Å². The number of H-pyrrole nitrogens is 1. The first-order valence-electron chi connectivity index (χ1n) is 8.97. The van der Waals surface area contributed by atoms with E-state index in [9.17, 15) is 18.0 Å². The van der Waals surface area contributed by atoms with Crippen LogP contribution in [0.4, 0.5) is 13.2 Å². The van der Waals surface area contributed by atoms with Gasteiger partial charge in [-0.3, -0.25) is 4.79 Å². The first kappa shape index (κ1) is 16.5. The first-order chi connectivity index (χ1) is 12.9. The zero-order valence-corrected chi connectivity index (χ0v) is 14.4. The number of aromatic amines is 1. The highest BCUT2D eigenvalue weighted by molar-refractivity contribution is 6.05. The molecule has 140 valence electrons. The molecule has 3 aromatic heterocycles. The summed E-state index contributed by atoms with van der Waals surface area (Å²) in [6.45, 7) is 0.669. The summed E-state index contributed by atoms with van der Waals surface area (Å²) in [7, 11) is 0. The molecule has 0 spiro atoms. The minimum absolute atomic E-state index is 0.00409. The molecule has 5 rings (SSSR count). The van der Waals surface area contributed by atoms with Gasteiger partial charge >= 0.3 is 6.18 Å². The van der Waals surface area contributed by atoms with E-state index >= 15 is 0 Å². The maximum absolute atomic E-state index is 13.3. The number of hydrogen-bond donors (Lipinski definition) is 1. The molecule has 1 amide bonds. The third kappa shape index (κ3) is 2.35. The number of hydrogen-bond acceptors (Lipinski definition) is 3. The average molecular weight is 374 g/mol. The molecule has 1 aliphatic carbocycles. The van der Waals surface area contributed by atoms with E-state index in [-0.39, 0.29) is 18.8 Å². The minimum atomic E-state index is -4.46. The van der Waals surface area contributed by atoms with Crippen LogP contribution in [-0.2, 0) is 4.79 Å². The summed E-state index contributed by atoms with van der Waals surface area (Å²) in [5.41, 5.74) is 0.382. The number of likely N-dealkylation sites (tertiary alicyclic amines) is 1. The van der Waals surface area contributed by atoms with Crippen molar-refractivity contribution in [3.05, 3.63) is 36.3 Å². The lowest BCUT2D eigenvalue weighted by Crippen LogP contribution is -2.43. The molecule has 1 atom stereocenters. The van der Waals surface area contributed by atoms with E-state index < -0.39 is 17.5 Å². The van der Waals surface area contributed by atoms with E-state index in [1.54, 1.807) is 12.4 Å². The van der Waals surface area contributed by atoms with Gasteiger partial charge in [0.2, 0.25) is 5.91 Å². The number of alkyl halides is 3. The summed E-state index contributed by atoms with van der Waals surface area (Å²) in [6, 6.07) is 3.84. The van der Waals surface area contributed by atoms with Gasteiger partial charge in [-0.2, -0.15) is 13.2 Å². The maximum Gasteiger partial charge on any atom is 0.403 e. The summed E-state index contributed by atoms with van der Waals surface area (Å²) < 4.78 is 39.9. The van der Waals surface area contributed by atoms with Crippen LogP contribution in [0.25, 0.3) is 21.9 Å². The number of rotatable bonds is 2. The van der Waals surface area contributed by atoms with Crippen molar-refractivity contribution in [3.8, 4) is 0 Å². The SMILES string of the molecule is O=C(N1CCC(c2cc[nH]c3cnc4nccc4c23)C1)C1(C(F)(F)F)CC1.